The molecule has 78 valence electrons. The molecule has 0 bridgehead atoms. The normalized spacial score (nSPS) is 10.3. The van der Waals surface area contributed by atoms with Gasteiger partial charge in [0.25, 0.3) is 0 Å². The van der Waals surface area contributed by atoms with Crippen LogP contribution in [0.4, 0.5) is 0 Å². The quantitative estimate of drug-likeness (QED) is 0.797. The number of nitrogens with zero attached hydrogens (tertiary/aromatic N) is 1. The molecule has 3 heteroatoms. The maximum atomic E-state index is 5.65. The summed E-state index contributed by atoms with van der Waals surface area (Å²) < 4.78 is 5.55. The largest absolute Gasteiger partial charge is 0.477 e. The Kier molecular flexibility index (Phi) is 3.89. The van der Waals surface area contributed by atoms with Crippen molar-refractivity contribution in [3.8, 4) is 5.88 Å². The number of nitrogens with two attached hydrogens (primary N) is 1. The van der Waals surface area contributed by atoms with Gasteiger partial charge in [-0.3, -0.25) is 0 Å². The molecule has 1 aromatic rings. The van der Waals surface area contributed by atoms with Crippen LogP contribution in [-0.4, -0.2) is 11.6 Å². The van der Waals surface area contributed by atoms with Gasteiger partial charge in [0.05, 0.1) is 6.61 Å². The van der Waals surface area contributed by atoms with Crippen LogP contribution in [0.2, 0.25) is 0 Å². The summed E-state index contributed by atoms with van der Waals surface area (Å²) in [6, 6.07) is 2.03. The first-order chi connectivity index (χ1) is 6.69. The Balaban J connectivity index is 2.99. The number of pyridine rings is 1. The lowest BCUT2D eigenvalue weighted by Crippen LogP contribution is -2.07. The van der Waals surface area contributed by atoms with Crippen LogP contribution in [0.25, 0.3) is 0 Å². The van der Waals surface area contributed by atoms with Crippen molar-refractivity contribution in [2.75, 3.05) is 6.61 Å². The van der Waals surface area contributed by atoms with E-state index in [0.29, 0.717) is 19.0 Å². The second-order valence-electron chi connectivity index (χ2n) is 3.42. The highest BCUT2D eigenvalue weighted by Gasteiger charge is 2.07. The van der Waals surface area contributed by atoms with Gasteiger partial charge < -0.3 is 10.5 Å². The molecule has 0 saturated carbocycles. The van der Waals surface area contributed by atoms with Crippen LogP contribution >= 0.6 is 0 Å². The Morgan fingerprint density at radius 2 is 2.14 bits per heavy atom. The first-order valence-electron chi connectivity index (χ1n) is 4.99. The van der Waals surface area contributed by atoms with E-state index in [9.17, 15) is 0 Å². The fourth-order valence-corrected chi connectivity index (χ4v) is 1.40. The van der Waals surface area contributed by atoms with Gasteiger partial charge in [0, 0.05) is 17.8 Å². The molecule has 3 nitrogen and oxygen atoms in total. The SMILES string of the molecule is CCCOc1nc(C)cc(C)c1CN. The minimum Gasteiger partial charge on any atom is -0.477 e. The van der Waals surface area contributed by atoms with Gasteiger partial charge in [0.2, 0.25) is 5.88 Å². The van der Waals surface area contributed by atoms with Crippen molar-refractivity contribution in [2.24, 2.45) is 5.73 Å². The molecule has 1 rings (SSSR count). The number of aryl methyl sites for hydroxylation is 2. The highest BCUT2D eigenvalue weighted by Crippen LogP contribution is 2.20. The Hall–Kier alpha value is -1.09. The lowest BCUT2D eigenvalue weighted by atomic mass is 10.1. The first kappa shape index (κ1) is 11.0. The second kappa shape index (κ2) is 4.96. The fraction of sp³-hybridized carbons (Fsp3) is 0.545. The van der Waals surface area contributed by atoms with E-state index < -0.39 is 0 Å². The van der Waals surface area contributed by atoms with Crippen molar-refractivity contribution in [1.82, 2.24) is 4.98 Å². The van der Waals surface area contributed by atoms with Crippen LogP contribution in [0, 0.1) is 13.8 Å². The van der Waals surface area contributed by atoms with Gasteiger partial charge in [-0.25, -0.2) is 4.98 Å². The summed E-state index contributed by atoms with van der Waals surface area (Å²) >= 11 is 0. The van der Waals surface area contributed by atoms with Gasteiger partial charge in [-0.05, 0) is 31.9 Å². The summed E-state index contributed by atoms with van der Waals surface area (Å²) in [5.41, 5.74) is 8.81. The predicted molar refractivity (Wildman–Crippen MR) is 57.4 cm³/mol. The molecule has 0 aromatic carbocycles. The van der Waals surface area contributed by atoms with E-state index in [-0.39, 0.29) is 0 Å². The van der Waals surface area contributed by atoms with Gasteiger partial charge >= 0.3 is 0 Å². The predicted octanol–water partition coefficient (Wildman–Crippen LogP) is 1.95. The molecule has 0 aliphatic rings. The molecule has 0 aliphatic carbocycles. The second-order valence-corrected chi connectivity index (χ2v) is 3.42. The van der Waals surface area contributed by atoms with Crippen LogP contribution in [0.3, 0.4) is 0 Å². The lowest BCUT2D eigenvalue weighted by Gasteiger charge is -2.11. The third-order valence-corrected chi connectivity index (χ3v) is 2.08. The van der Waals surface area contributed by atoms with Crippen molar-refractivity contribution < 1.29 is 4.74 Å². The minimum atomic E-state index is 0.484. The number of hydrogen-bond acceptors (Lipinski definition) is 3. The van der Waals surface area contributed by atoms with Crippen LogP contribution in [-0.2, 0) is 6.54 Å². The lowest BCUT2D eigenvalue weighted by molar-refractivity contribution is 0.301. The fourth-order valence-electron chi connectivity index (χ4n) is 1.40. The molecule has 0 amide bonds. The maximum Gasteiger partial charge on any atom is 0.218 e. The van der Waals surface area contributed by atoms with E-state index in [1.165, 1.54) is 0 Å². The zero-order chi connectivity index (χ0) is 10.6. The van der Waals surface area contributed by atoms with Gasteiger partial charge in [-0.2, -0.15) is 0 Å². The van der Waals surface area contributed by atoms with Crippen molar-refractivity contribution in [2.45, 2.75) is 33.7 Å². The average molecular weight is 194 g/mol. The third-order valence-electron chi connectivity index (χ3n) is 2.08. The van der Waals surface area contributed by atoms with E-state index in [4.69, 9.17) is 10.5 Å². The van der Waals surface area contributed by atoms with Crippen molar-refractivity contribution in [3.05, 3.63) is 22.9 Å². The number of ether oxygens (including phenoxy) is 1. The van der Waals surface area contributed by atoms with Gasteiger partial charge in [0.1, 0.15) is 0 Å². The van der Waals surface area contributed by atoms with Gasteiger partial charge in [0.15, 0.2) is 0 Å². The molecule has 0 saturated heterocycles. The van der Waals surface area contributed by atoms with Crippen molar-refractivity contribution in [1.29, 1.82) is 0 Å². The summed E-state index contributed by atoms with van der Waals surface area (Å²) in [5, 5.41) is 0. The molecule has 0 fully saturated rings. The summed E-state index contributed by atoms with van der Waals surface area (Å²) in [4.78, 5) is 4.34. The molecule has 14 heavy (non-hydrogen) atoms. The number of aromatic nitrogens is 1. The number of hydrogen-bond donors (Lipinski definition) is 1. The first-order valence-corrected chi connectivity index (χ1v) is 4.99. The van der Waals surface area contributed by atoms with E-state index in [1.807, 2.05) is 19.9 Å². The van der Waals surface area contributed by atoms with E-state index in [1.54, 1.807) is 0 Å². The smallest absolute Gasteiger partial charge is 0.218 e. The van der Waals surface area contributed by atoms with Gasteiger partial charge in [-0.15, -0.1) is 0 Å². The average Bonchev–Trinajstić information content (AvgIpc) is 2.14. The van der Waals surface area contributed by atoms with Crippen LogP contribution in [0.15, 0.2) is 6.07 Å². The van der Waals surface area contributed by atoms with Crippen LogP contribution in [0.5, 0.6) is 5.88 Å². The molecule has 0 atom stereocenters. The van der Waals surface area contributed by atoms with Crippen molar-refractivity contribution in [3.63, 3.8) is 0 Å². The summed E-state index contributed by atoms with van der Waals surface area (Å²) in [6.45, 7) is 7.26. The zero-order valence-corrected chi connectivity index (χ0v) is 9.13. The molecule has 0 aliphatic heterocycles. The third kappa shape index (κ3) is 2.45. The molecular weight excluding hydrogens is 176 g/mol. The van der Waals surface area contributed by atoms with Gasteiger partial charge in [-0.1, -0.05) is 6.92 Å². The molecular formula is C11H18N2O. The topological polar surface area (TPSA) is 48.1 Å². The highest BCUT2D eigenvalue weighted by atomic mass is 16.5. The van der Waals surface area contributed by atoms with Crippen molar-refractivity contribution >= 4 is 0 Å². The Bertz CT molecular complexity index is 310. The maximum absolute atomic E-state index is 5.65. The summed E-state index contributed by atoms with van der Waals surface area (Å²) in [5.74, 6) is 0.701. The summed E-state index contributed by atoms with van der Waals surface area (Å²) in [7, 11) is 0. The van der Waals surface area contributed by atoms with E-state index in [2.05, 4.69) is 11.9 Å². The standard InChI is InChI=1S/C11H18N2O/c1-4-5-14-11-10(7-12)8(2)6-9(3)13-11/h6H,4-5,7,12H2,1-3H3. The molecule has 0 unspecified atom stereocenters. The zero-order valence-electron chi connectivity index (χ0n) is 9.13. The Labute approximate surface area is 85.3 Å². The highest BCUT2D eigenvalue weighted by molar-refractivity contribution is 5.35. The molecule has 2 N–H and O–H groups in total. The number of rotatable bonds is 4. The van der Waals surface area contributed by atoms with E-state index >= 15 is 0 Å². The van der Waals surface area contributed by atoms with Crippen LogP contribution < -0.4 is 10.5 Å². The molecule has 0 spiro atoms. The molecule has 1 heterocycles. The molecule has 0 radical (unpaired) electrons. The monoisotopic (exact) mass is 194 g/mol. The Morgan fingerprint density at radius 1 is 1.43 bits per heavy atom. The minimum absolute atomic E-state index is 0.484. The summed E-state index contributed by atoms with van der Waals surface area (Å²) in [6.07, 6.45) is 0.985. The Morgan fingerprint density at radius 3 is 2.71 bits per heavy atom. The molecule has 1 aromatic heterocycles. The van der Waals surface area contributed by atoms with Crippen LogP contribution in [0.1, 0.15) is 30.2 Å². The van der Waals surface area contributed by atoms with E-state index in [0.717, 1.165) is 23.2 Å².